The summed E-state index contributed by atoms with van der Waals surface area (Å²) in [4.78, 5) is 16.3. The maximum Gasteiger partial charge on any atom is 0.256 e. The highest BCUT2D eigenvalue weighted by Crippen LogP contribution is 2.27. The third-order valence-electron chi connectivity index (χ3n) is 3.71. The maximum atomic E-state index is 14.0. The molecule has 122 valence electrons. The van der Waals surface area contributed by atoms with E-state index in [4.69, 9.17) is 4.74 Å². The maximum absolute atomic E-state index is 14.0. The van der Waals surface area contributed by atoms with E-state index in [1.807, 2.05) is 0 Å². The van der Waals surface area contributed by atoms with Crippen LogP contribution in [-0.2, 0) is 21.6 Å². The minimum absolute atomic E-state index is 0.0712. The normalized spacial score (nSPS) is 13.3. The number of rotatable bonds is 6. The zero-order valence-corrected chi connectivity index (χ0v) is 13.0. The van der Waals surface area contributed by atoms with Crippen molar-refractivity contribution in [1.82, 2.24) is 10.3 Å². The number of nitrogens with zero attached hydrogens (tertiary/aromatic N) is 1. The molecule has 0 aliphatic carbocycles. The Hall–Kier alpha value is -2.47. The predicted octanol–water partition coefficient (Wildman–Crippen LogP) is 2.15. The Bertz CT molecular complexity index is 693. The van der Waals surface area contributed by atoms with E-state index in [9.17, 15) is 14.3 Å². The van der Waals surface area contributed by atoms with Crippen LogP contribution in [0.3, 0.4) is 0 Å². The first-order chi connectivity index (χ1) is 11.0. The average Bonchev–Trinajstić information content (AvgIpc) is 2.54. The Morgan fingerprint density at radius 3 is 2.78 bits per heavy atom. The second-order valence-corrected chi connectivity index (χ2v) is 5.27. The van der Waals surface area contributed by atoms with Crippen molar-refractivity contribution >= 4 is 5.91 Å². The highest BCUT2D eigenvalue weighted by atomic mass is 19.1. The molecule has 0 aliphatic rings. The van der Waals surface area contributed by atoms with Gasteiger partial charge < -0.3 is 15.2 Å². The van der Waals surface area contributed by atoms with Crippen LogP contribution in [0.4, 0.5) is 4.39 Å². The Labute approximate surface area is 134 Å². The van der Waals surface area contributed by atoms with E-state index >= 15 is 0 Å². The van der Waals surface area contributed by atoms with Gasteiger partial charge in [0.25, 0.3) is 5.91 Å². The smallest absolute Gasteiger partial charge is 0.256 e. The lowest BCUT2D eigenvalue weighted by molar-refractivity contribution is -0.142. The van der Waals surface area contributed by atoms with Gasteiger partial charge in [0, 0.05) is 25.4 Å². The van der Waals surface area contributed by atoms with Crippen molar-refractivity contribution in [2.75, 3.05) is 13.7 Å². The summed E-state index contributed by atoms with van der Waals surface area (Å²) in [6, 6.07) is 7.60. The van der Waals surface area contributed by atoms with Gasteiger partial charge >= 0.3 is 0 Å². The van der Waals surface area contributed by atoms with E-state index in [1.54, 1.807) is 24.4 Å². The summed E-state index contributed by atoms with van der Waals surface area (Å²) >= 11 is 0. The van der Waals surface area contributed by atoms with E-state index in [2.05, 4.69) is 10.3 Å². The van der Waals surface area contributed by atoms with Crippen molar-refractivity contribution in [2.24, 2.45) is 0 Å². The van der Waals surface area contributed by atoms with Crippen LogP contribution in [-0.4, -0.2) is 29.7 Å². The lowest BCUT2D eigenvalue weighted by Gasteiger charge is -2.27. The predicted molar refractivity (Wildman–Crippen MR) is 83.4 cm³/mol. The molecule has 0 bridgehead atoms. The summed E-state index contributed by atoms with van der Waals surface area (Å²) in [5.41, 5.74) is -0.447. The zero-order chi connectivity index (χ0) is 16.9. The number of carbonyl (C=O) groups is 1. The molecule has 0 fully saturated rings. The van der Waals surface area contributed by atoms with Crippen molar-refractivity contribution in [3.63, 3.8) is 0 Å². The summed E-state index contributed by atoms with van der Waals surface area (Å²) in [5, 5.41) is 12.1. The molecule has 0 spiro atoms. The van der Waals surface area contributed by atoms with Gasteiger partial charge in [0.1, 0.15) is 11.6 Å². The highest BCUT2D eigenvalue weighted by Gasteiger charge is 2.37. The number of nitrogens with one attached hydrogen (secondary N) is 1. The average molecular weight is 318 g/mol. The number of carbonyl (C=O) groups excluding carboxylic acids is 1. The molecule has 0 saturated heterocycles. The zero-order valence-electron chi connectivity index (χ0n) is 13.0. The quantitative estimate of drug-likeness (QED) is 0.856. The Kier molecular flexibility index (Phi) is 5.28. The lowest BCUT2D eigenvalue weighted by atomic mass is 9.94. The van der Waals surface area contributed by atoms with E-state index in [1.165, 1.54) is 32.4 Å². The number of methoxy groups -OCH3 is 1. The van der Waals surface area contributed by atoms with Gasteiger partial charge in [0.2, 0.25) is 0 Å². The SMILES string of the molecule is CO[C@@](C)(C(=O)NCCc1cncc(O)c1)c1ccccc1F. The first kappa shape index (κ1) is 16.9. The van der Waals surface area contributed by atoms with Crippen molar-refractivity contribution < 1.29 is 19.0 Å². The van der Waals surface area contributed by atoms with E-state index < -0.39 is 17.3 Å². The molecule has 2 rings (SSSR count). The fourth-order valence-corrected chi connectivity index (χ4v) is 2.27. The number of halogens is 1. The van der Waals surface area contributed by atoms with Crippen molar-refractivity contribution in [2.45, 2.75) is 18.9 Å². The second-order valence-electron chi connectivity index (χ2n) is 5.27. The molecule has 0 aliphatic heterocycles. The van der Waals surface area contributed by atoms with Crippen LogP contribution in [0.5, 0.6) is 5.75 Å². The molecular formula is C17H19FN2O3. The minimum atomic E-state index is -1.41. The van der Waals surface area contributed by atoms with E-state index in [-0.39, 0.29) is 11.3 Å². The fraction of sp³-hybridized carbons (Fsp3) is 0.294. The van der Waals surface area contributed by atoms with Gasteiger partial charge in [-0.15, -0.1) is 0 Å². The van der Waals surface area contributed by atoms with Gasteiger partial charge in [0.05, 0.1) is 6.20 Å². The molecule has 1 amide bonds. The van der Waals surface area contributed by atoms with E-state index in [0.29, 0.717) is 13.0 Å². The standard InChI is InChI=1S/C17H19FN2O3/c1-17(23-2,14-5-3-4-6-15(14)18)16(22)20-8-7-12-9-13(21)11-19-10-12/h3-6,9-11,21H,7-8H2,1-2H3,(H,20,22)/t17-/m1/s1. The number of aromatic nitrogens is 1. The molecule has 0 radical (unpaired) electrons. The molecule has 1 aromatic carbocycles. The molecule has 5 nitrogen and oxygen atoms in total. The van der Waals surface area contributed by atoms with Gasteiger partial charge in [-0.05, 0) is 31.0 Å². The van der Waals surface area contributed by atoms with Gasteiger partial charge in [-0.25, -0.2) is 4.39 Å². The summed E-state index contributed by atoms with van der Waals surface area (Å²) in [6.07, 6.45) is 3.44. The first-order valence-corrected chi connectivity index (χ1v) is 7.18. The Morgan fingerprint density at radius 2 is 2.13 bits per heavy atom. The summed E-state index contributed by atoms with van der Waals surface area (Å²) < 4.78 is 19.3. The molecule has 1 aromatic heterocycles. The largest absolute Gasteiger partial charge is 0.506 e. The number of hydrogen-bond acceptors (Lipinski definition) is 4. The van der Waals surface area contributed by atoms with Crippen LogP contribution >= 0.6 is 0 Å². The Balaban J connectivity index is 2.04. The van der Waals surface area contributed by atoms with Gasteiger partial charge in [-0.2, -0.15) is 0 Å². The molecule has 2 N–H and O–H groups in total. The highest BCUT2D eigenvalue weighted by molar-refractivity contribution is 5.86. The van der Waals surface area contributed by atoms with Gasteiger partial charge in [-0.3, -0.25) is 9.78 Å². The summed E-state index contributed by atoms with van der Waals surface area (Å²) in [6.45, 7) is 1.84. The molecule has 0 unspecified atom stereocenters. The number of amides is 1. The van der Waals surface area contributed by atoms with Crippen LogP contribution < -0.4 is 5.32 Å². The first-order valence-electron chi connectivity index (χ1n) is 7.18. The van der Waals surface area contributed by atoms with Crippen LogP contribution in [0.25, 0.3) is 0 Å². The molecule has 6 heteroatoms. The second kappa shape index (κ2) is 7.19. The van der Waals surface area contributed by atoms with Crippen LogP contribution in [0.2, 0.25) is 0 Å². The molecule has 1 heterocycles. The van der Waals surface area contributed by atoms with Gasteiger partial charge in [-0.1, -0.05) is 18.2 Å². The van der Waals surface area contributed by atoms with Crippen molar-refractivity contribution in [1.29, 1.82) is 0 Å². The number of aromatic hydroxyl groups is 1. The minimum Gasteiger partial charge on any atom is -0.506 e. The van der Waals surface area contributed by atoms with Crippen LogP contribution in [0, 0.1) is 5.82 Å². The summed E-state index contributed by atoms with van der Waals surface area (Å²) in [7, 11) is 1.37. The number of hydrogen-bond donors (Lipinski definition) is 2. The molecular weight excluding hydrogens is 299 g/mol. The van der Waals surface area contributed by atoms with Crippen molar-refractivity contribution in [3.8, 4) is 5.75 Å². The number of pyridine rings is 1. The lowest BCUT2D eigenvalue weighted by Crippen LogP contribution is -2.44. The molecule has 23 heavy (non-hydrogen) atoms. The van der Waals surface area contributed by atoms with Crippen LogP contribution in [0.1, 0.15) is 18.1 Å². The fourth-order valence-electron chi connectivity index (χ4n) is 2.27. The third kappa shape index (κ3) is 3.84. The molecule has 0 saturated carbocycles. The van der Waals surface area contributed by atoms with Crippen molar-refractivity contribution in [3.05, 3.63) is 59.7 Å². The monoisotopic (exact) mass is 318 g/mol. The topological polar surface area (TPSA) is 71.5 Å². The third-order valence-corrected chi connectivity index (χ3v) is 3.71. The Morgan fingerprint density at radius 1 is 1.39 bits per heavy atom. The summed E-state index contributed by atoms with van der Waals surface area (Å²) in [5.74, 6) is -0.857. The van der Waals surface area contributed by atoms with Crippen LogP contribution in [0.15, 0.2) is 42.7 Å². The van der Waals surface area contributed by atoms with Gasteiger partial charge in [0.15, 0.2) is 5.60 Å². The van der Waals surface area contributed by atoms with E-state index in [0.717, 1.165) is 5.56 Å². The molecule has 1 atom stereocenters. The number of benzene rings is 1. The number of ether oxygens (including phenoxy) is 1. The molecule has 2 aromatic rings.